The van der Waals surface area contributed by atoms with Gasteiger partial charge in [0.25, 0.3) is 15.7 Å². The minimum absolute atomic E-state index is 0.0147. The fourth-order valence-electron chi connectivity index (χ4n) is 1.20. The smallest absolute Gasteiger partial charge is 0.259 e. The summed E-state index contributed by atoms with van der Waals surface area (Å²) in [6, 6.07) is 4.27. The monoisotopic (exact) mass is 324 g/mol. The molecule has 0 radical (unpaired) electrons. The first-order valence-corrected chi connectivity index (χ1v) is 6.00. The highest BCUT2D eigenvalue weighted by Crippen LogP contribution is 2.32. The van der Waals surface area contributed by atoms with Gasteiger partial charge < -0.3 is 9.47 Å². The zero-order chi connectivity index (χ0) is 14.4. The summed E-state index contributed by atoms with van der Waals surface area (Å²) in [5.41, 5.74) is -0.0147. The van der Waals surface area contributed by atoms with Crippen molar-refractivity contribution in [2.24, 2.45) is 0 Å². The Bertz CT molecular complexity index is 515. The van der Waals surface area contributed by atoms with Crippen LogP contribution in [0, 0.1) is 0 Å². The molecule has 102 valence electrons. The van der Waals surface area contributed by atoms with Gasteiger partial charge in [-0.1, -0.05) is 6.07 Å². The van der Waals surface area contributed by atoms with E-state index >= 15 is 0 Å². The quantitative estimate of drug-likeness (QED) is 0.720. The van der Waals surface area contributed by atoms with Crippen LogP contribution in [0.5, 0.6) is 11.5 Å². The average Bonchev–Trinajstić information content (AvgIpc) is 2.33. The molecule has 0 amide bonds. The third-order valence-electron chi connectivity index (χ3n) is 1.86. The second kappa shape index (κ2) is 7.33. The van der Waals surface area contributed by atoms with Gasteiger partial charge in [-0.15, -0.1) is 0 Å². The van der Waals surface area contributed by atoms with E-state index in [4.69, 9.17) is 44.3 Å². The molecule has 1 aromatic rings. The summed E-state index contributed by atoms with van der Waals surface area (Å²) >= 11 is 15.7. The van der Waals surface area contributed by atoms with Crippen LogP contribution in [0.1, 0.15) is 10.4 Å². The van der Waals surface area contributed by atoms with Crippen molar-refractivity contribution in [1.82, 2.24) is 0 Å². The molecule has 0 aliphatic rings. The molecule has 19 heavy (non-hydrogen) atoms. The predicted octanol–water partition coefficient (Wildman–Crippen LogP) is 2.35. The number of halogens is 3. The van der Waals surface area contributed by atoms with Crippen LogP contribution in [-0.2, 0) is 9.59 Å². The van der Waals surface area contributed by atoms with E-state index in [1.807, 2.05) is 0 Å². The zero-order valence-corrected chi connectivity index (χ0v) is 11.6. The van der Waals surface area contributed by atoms with Crippen LogP contribution in [0.15, 0.2) is 18.2 Å². The maximum Gasteiger partial charge on any atom is 0.259 e. The topological polar surface area (TPSA) is 69.7 Å². The zero-order valence-electron chi connectivity index (χ0n) is 9.32. The van der Waals surface area contributed by atoms with Gasteiger partial charge in [-0.25, -0.2) is 0 Å². The molecular formula is C11H7Cl3O5. The Hall–Kier alpha value is -1.30. The van der Waals surface area contributed by atoms with Crippen LogP contribution in [0.25, 0.3) is 0 Å². The lowest BCUT2D eigenvalue weighted by Gasteiger charge is -2.12. The lowest BCUT2D eigenvalue weighted by Crippen LogP contribution is -2.11. The molecule has 0 aliphatic heterocycles. The number of para-hydroxylation sites is 1. The summed E-state index contributed by atoms with van der Waals surface area (Å²) in [6.45, 7) is -0.902. The number of carbonyl (C=O) groups excluding carboxylic acids is 3. The van der Waals surface area contributed by atoms with Gasteiger partial charge >= 0.3 is 0 Å². The SMILES string of the molecule is O=C(Cl)COc1cccc(C(=O)Cl)c1OCC(=O)Cl. The van der Waals surface area contributed by atoms with E-state index in [1.54, 1.807) is 0 Å². The molecular weight excluding hydrogens is 318 g/mol. The van der Waals surface area contributed by atoms with Gasteiger partial charge in [0.05, 0.1) is 5.56 Å². The third kappa shape index (κ3) is 5.06. The predicted molar refractivity (Wildman–Crippen MR) is 69.3 cm³/mol. The first-order valence-electron chi connectivity index (χ1n) is 4.87. The van der Waals surface area contributed by atoms with E-state index < -0.39 is 28.9 Å². The van der Waals surface area contributed by atoms with Crippen molar-refractivity contribution < 1.29 is 23.9 Å². The van der Waals surface area contributed by atoms with Crippen LogP contribution in [0.3, 0.4) is 0 Å². The molecule has 1 aromatic carbocycles. The molecule has 8 heteroatoms. The molecule has 0 aromatic heterocycles. The Labute approximate surface area is 123 Å². The Morgan fingerprint density at radius 3 is 2.05 bits per heavy atom. The summed E-state index contributed by atoms with van der Waals surface area (Å²) in [5, 5.41) is -2.31. The van der Waals surface area contributed by atoms with Crippen molar-refractivity contribution in [3.8, 4) is 11.5 Å². The van der Waals surface area contributed by atoms with Crippen LogP contribution in [-0.4, -0.2) is 28.9 Å². The molecule has 0 unspecified atom stereocenters. The Balaban J connectivity index is 3.06. The standard InChI is InChI=1S/C11H7Cl3O5/c12-8(15)4-18-7-3-1-2-6(11(14)17)10(7)19-5-9(13)16/h1-3H,4-5H2. The fourth-order valence-corrected chi connectivity index (χ4v) is 1.45. The minimum atomic E-state index is -0.806. The van der Waals surface area contributed by atoms with Crippen LogP contribution in [0.2, 0.25) is 0 Å². The first-order chi connectivity index (χ1) is 8.91. The van der Waals surface area contributed by atoms with E-state index in [0.717, 1.165) is 0 Å². The maximum absolute atomic E-state index is 11.2. The van der Waals surface area contributed by atoms with Crippen molar-refractivity contribution in [3.63, 3.8) is 0 Å². The van der Waals surface area contributed by atoms with Gasteiger partial charge in [0.1, 0.15) is 0 Å². The van der Waals surface area contributed by atoms with E-state index in [2.05, 4.69) is 0 Å². The number of carbonyl (C=O) groups is 3. The second-order valence-electron chi connectivity index (χ2n) is 3.19. The summed E-state index contributed by atoms with van der Waals surface area (Å²) in [5.74, 6) is -0.0205. The van der Waals surface area contributed by atoms with Gasteiger partial charge in [0.15, 0.2) is 24.7 Å². The highest BCUT2D eigenvalue weighted by molar-refractivity contribution is 6.68. The molecule has 0 atom stereocenters. The number of benzene rings is 1. The Morgan fingerprint density at radius 2 is 1.53 bits per heavy atom. The number of rotatable bonds is 7. The Kier molecular flexibility index (Phi) is 6.08. The van der Waals surface area contributed by atoms with Crippen LogP contribution < -0.4 is 9.47 Å². The highest BCUT2D eigenvalue weighted by atomic mass is 35.5. The van der Waals surface area contributed by atoms with E-state index in [1.165, 1.54) is 18.2 Å². The third-order valence-corrected chi connectivity index (χ3v) is 2.28. The largest absolute Gasteiger partial charge is 0.481 e. The van der Waals surface area contributed by atoms with Crippen molar-refractivity contribution in [2.75, 3.05) is 13.2 Å². The van der Waals surface area contributed by atoms with E-state index in [-0.39, 0.29) is 17.1 Å². The second-order valence-corrected chi connectivity index (χ2v) is 4.38. The lowest BCUT2D eigenvalue weighted by atomic mass is 10.2. The average molecular weight is 326 g/mol. The Morgan fingerprint density at radius 1 is 0.947 bits per heavy atom. The van der Waals surface area contributed by atoms with Crippen molar-refractivity contribution >= 4 is 50.5 Å². The minimum Gasteiger partial charge on any atom is -0.481 e. The van der Waals surface area contributed by atoms with Crippen LogP contribution in [0.4, 0.5) is 0 Å². The normalized spacial score (nSPS) is 9.84. The van der Waals surface area contributed by atoms with E-state index in [9.17, 15) is 14.4 Å². The molecule has 0 saturated carbocycles. The molecule has 0 aliphatic carbocycles. The molecule has 0 bridgehead atoms. The lowest BCUT2D eigenvalue weighted by molar-refractivity contribution is -0.114. The van der Waals surface area contributed by atoms with Crippen molar-refractivity contribution in [1.29, 1.82) is 0 Å². The van der Waals surface area contributed by atoms with Gasteiger partial charge in [-0.05, 0) is 46.9 Å². The van der Waals surface area contributed by atoms with Gasteiger partial charge in [-0.3, -0.25) is 14.4 Å². The molecule has 0 saturated heterocycles. The summed E-state index contributed by atoms with van der Waals surface area (Å²) < 4.78 is 10.1. The van der Waals surface area contributed by atoms with Crippen LogP contribution >= 0.6 is 34.8 Å². The van der Waals surface area contributed by atoms with Gasteiger partial charge in [0.2, 0.25) is 0 Å². The van der Waals surface area contributed by atoms with E-state index in [0.29, 0.717) is 0 Å². The molecule has 0 N–H and O–H groups in total. The molecule has 0 fully saturated rings. The number of hydrogen-bond acceptors (Lipinski definition) is 5. The number of ether oxygens (including phenoxy) is 2. The molecule has 5 nitrogen and oxygen atoms in total. The molecule has 1 rings (SSSR count). The van der Waals surface area contributed by atoms with Crippen molar-refractivity contribution in [3.05, 3.63) is 23.8 Å². The van der Waals surface area contributed by atoms with Gasteiger partial charge in [-0.2, -0.15) is 0 Å². The highest BCUT2D eigenvalue weighted by Gasteiger charge is 2.17. The fraction of sp³-hybridized carbons (Fsp3) is 0.182. The summed E-state index contributed by atoms with van der Waals surface area (Å²) in [4.78, 5) is 32.5. The van der Waals surface area contributed by atoms with Crippen molar-refractivity contribution in [2.45, 2.75) is 0 Å². The molecule has 0 spiro atoms. The van der Waals surface area contributed by atoms with Gasteiger partial charge in [0, 0.05) is 0 Å². The molecule has 0 heterocycles. The first kappa shape index (κ1) is 15.8. The summed E-state index contributed by atoms with van der Waals surface area (Å²) in [7, 11) is 0. The maximum atomic E-state index is 11.2. The summed E-state index contributed by atoms with van der Waals surface area (Å²) in [6.07, 6.45) is 0. The number of hydrogen-bond donors (Lipinski definition) is 0.